The SMILES string of the molecule is Cc1ccnc(Sc2ccc3c(c2)OCCO3)c1Br. The maximum absolute atomic E-state index is 5.59. The third-order valence-corrected chi connectivity index (χ3v) is 5.03. The van der Waals surface area contributed by atoms with Crippen molar-refractivity contribution >= 4 is 27.7 Å². The lowest BCUT2D eigenvalue weighted by atomic mass is 10.3. The molecule has 0 N–H and O–H groups in total. The summed E-state index contributed by atoms with van der Waals surface area (Å²) < 4.78 is 12.1. The van der Waals surface area contributed by atoms with E-state index in [0.717, 1.165) is 25.9 Å². The molecule has 5 heteroatoms. The molecule has 0 radical (unpaired) electrons. The molecular weight excluding hydrogens is 326 g/mol. The van der Waals surface area contributed by atoms with Gasteiger partial charge in [0.1, 0.15) is 18.2 Å². The molecule has 1 aromatic carbocycles. The molecule has 1 aliphatic rings. The molecule has 2 heterocycles. The minimum atomic E-state index is 0.605. The van der Waals surface area contributed by atoms with Gasteiger partial charge in [0, 0.05) is 11.1 Å². The maximum atomic E-state index is 5.59. The number of halogens is 1. The molecule has 3 rings (SSSR count). The van der Waals surface area contributed by atoms with Gasteiger partial charge in [-0.2, -0.15) is 0 Å². The summed E-state index contributed by atoms with van der Waals surface area (Å²) in [6.45, 7) is 3.28. The zero-order valence-electron chi connectivity index (χ0n) is 10.4. The minimum absolute atomic E-state index is 0.605. The van der Waals surface area contributed by atoms with Crippen molar-refractivity contribution in [1.82, 2.24) is 4.98 Å². The average molecular weight is 338 g/mol. The molecule has 0 saturated carbocycles. The second kappa shape index (κ2) is 5.43. The highest BCUT2D eigenvalue weighted by molar-refractivity contribution is 9.10. The van der Waals surface area contributed by atoms with E-state index in [1.807, 2.05) is 30.5 Å². The quantitative estimate of drug-likeness (QED) is 0.826. The van der Waals surface area contributed by atoms with E-state index in [1.54, 1.807) is 11.8 Å². The number of hydrogen-bond donors (Lipinski definition) is 0. The number of fused-ring (bicyclic) bond motifs is 1. The van der Waals surface area contributed by atoms with Crippen molar-refractivity contribution in [2.75, 3.05) is 13.2 Å². The van der Waals surface area contributed by atoms with E-state index >= 15 is 0 Å². The highest BCUT2D eigenvalue weighted by Crippen LogP contribution is 2.38. The lowest BCUT2D eigenvalue weighted by Gasteiger charge is -2.18. The normalized spacial score (nSPS) is 13.4. The first-order chi connectivity index (χ1) is 9.24. The van der Waals surface area contributed by atoms with Crippen LogP contribution in [0.15, 0.2) is 44.9 Å². The van der Waals surface area contributed by atoms with Gasteiger partial charge in [0.05, 0.1) is 4.47 Å². The number of nitrogens with zero attached hydrogens (tertiary/aromatic N) is 1. The molecule has 0 unspecified atom stereocenters. The Kier molecular flexibility index (Phi) is 3.66. The Morgan fingerprint density at radius 1 is 1.16 bits per heavy atom. The fourth-order valence-corrected chi connectivity index (χ4v) is 3.15. The first-order valence-corrected chi connectivity index (χ1v) is 7.53. The zero-order chi connectivity index (χ0) is 13.2. The first-order valence-electron chi connectivity index (χ1n) is 5.92. The standard InChI is InChI=1S/C14H12BrNO2S/c1-9-4-5-16-14(13(9)15)19-10-2-3-11-12(8-10)18-7-6-17-11/h2-5,8H,6-7H2,1H3. The van der Waals surface area contributed by atoms with Gasteiger partial charge in [0.25, 0.3) is 0 Å². The van der Waals surface area contributed by atoms with Crippen LogP contribution < -0.4 is 9.47 Å². The lowest BCUT2D eigenvalue weighted by Crippen LogP contribution is -2.15. The van der Waals surface area contributed by atoms with E-state index in [4.69, 9.17) is 9.47 Å². The second-order valence-corrected chi connectivity index (χ2v) is 6.01. The van der Waals surface area contributed by atoms with Crippen molar-refractivity contribution in [3.05, 3.63) is 40.5 Å². The van der Waals surface area contributed by atoms with Gasteiger partial charge in [-0.05, 0) is 52.7 Å². The molecular formula is C14H12BrNO2S. The van der Waals surface area contributed by atoms with E-state index < -0.39 is 0 Å². The minimum Gasteiger partial charge on any atom is -0.486 e. The van der Waals surface area contributed by atoms with Crippen LogP contribution in [0.4, 0.5) is 0 Å². The summed E-state index contributed by atoms with van der Waals surface area (Å²) >= 11 is 5.18. The predicted octanol–water partition coefficient (Wildman–Crippen LogP) is 4.07. The Labute approximate surface area is 124 Å². The maximum Gasteiger partial charge on any atom is 0.162 e. The van der Waals surface area contributed by atoms with Crippen molar-refractivity contribution in [1.29, 1.82) is 0 Å². The van der Waals surface area contributed by atoms with Gasteiger partial charge >= 0.3 is 0 Å². The molecule has 2 aromatic rings. The molecule has 0 saturated heterocycles. The Bertz CT molecular complexity index is 618. The third-order valence-electron chi connectivity index (χ3n) is 2.78. The highest BCUT2D eigenvalue weighted by Gasteiger charge is 2.13. The molecule has 0 spiro atoms. The molecule has 0 aliphatic carbocycles. The van der Waals surface area contributed by atoms with Gasteiger partial charge in [-0.15, -0.1) is 0 Å². The van der Waals surface area contributed by atoms with Crippen molar-refractivity contribution in [3.63, 3.8) is 0 Å². The number of benzene rings is 1. The van der Waals surface area contributed by atoms with Crippen molar-refractivity contribution < 1.29 is 9.47 Å². The Morgan fingerprint density at radius 2 is 1.95 bits per heavy atom. The topological polar surface area (TPSA) is 31.4 Å². The number of aryl methyl sites for hydroxylation is 1. The Hall–Kier alpha value is -1.20. The molecule has 98 valence electrons. The summed E-state index contributed by atoms with van der Waals surface area (Å²) in [4.78, 5) is 5.48. The van der Waals surface area contributed by atoms with Crippen LogP contribution in [0.3, 0.4) is 0 Å². The average Bonchev–Trinajstić information content (AvgIpc) is 2.44. The number of ether oxygens (including phenoxy) is 2. The van der Waals surface area contributed by atoms with Gasteiger partial charge in [0.2, 0.25) is 0 Å². The van der Waals surface area contributed by atoms with Gasteiger partial charge in [0.15, 0.2) is 11.5 Å². The fraction of sp³-hybridized carbons (Fsp3) is 0.214. The molecule has 0 atom stereocenters. The summed E-state index contributed by atoms with van der Waals surface area (Å²) in [5, 5.41) is 0.955. The van der Waals surface area contributed by atoms with Gasteiger partial charge < -0.3 is 9.47 Å². The summed E-state index contributed by atoms with van der Waals surface area (Å²) in [7, 11) is 0. The number of rotatable bonds is 2. The van der Waals surface area contributed by atoms with Crippen LogP contribution in [0.2, 0.25) is 0 Å². The summed E-state index contributed by atoms with van der Waals surface area (Å²) in [5.41, 5.74) is 1.18. The van der Waals surface area contributed by atoms with Gasteiger partial charge in [-0.25, -0.2) is 4.98 Å². The van der Waals surface area contributed by atoms with Crippen LogP contribution in [0.5, 0.6) is 11.5 Å². The van der Waals surface area contributed by atoms with Crippen LogP contribution in [-0.2, 0) is 0 Å². The first kappa shape index (κ1) is 12.8. The van der Waals surface area contributed by atoms with Crippen molar-refractivity contribution in [2.24, 2.45) is 0 Å². The third kappa shape index (κ3) is 2.72. The van der Waals surface area contributed by atoms with Crippen LogP contribution in [0, 0.1) is 6.92 Å². The van der Waals surface area contributed by atoms with Gasteiger partial charge in [-0.1, -0.05) is 11.8 Å². The number of pyridine rings is 1. The van der Waals surface area contributed by atoms with Crippen LogP contribution >= 0.6 is 27.7 Å². The Morgan fingerprint density at radius 3 is 2.79 bits per heavy atom. The molecule has 19 heavy (non-hydrogen) atoms. The Balaban J connectivity index is 1.89. The van der Waals surface area contributed by atoms with E-state index in [2.05, 4.69) is 27.8 Å². The summed E-state index contributed by atoms with van der Waals surface area (Å²) in [6, 6.07) is 7.95. The molecule has 1 aliphatic heterocycles. The van der Waals surface area contributed by atoms with Gasteiger partial charge in [-0.3, -0.25) is 0 Å². The second-order valence-electron chi connectivity index (χ2n) is 4.15. The van der Waals surface area contributed by atoms with Crippen LogP contribution in [-0.4, -0.2) is 18.2 Å². The van der Waals surface area contributed by atoms with Crippen LogP contribution in [0.1, 0.15) is 5.56 Å². The largest absolute Gasteiger partial charge is 0.486 e. The van der Waals surface area contributed by atoms with E-state index in [9.17, 15) is 0 Å². The smallest absolute Gasteiger partial charge is 0.162 e. The number of aromatic nitrogens is 1. The monoisotopic (exact) mass is 337 g/mol. The van der Waals surface area contributed by atoms with E-state index in [1.165, 1.54) is 5.56 Å². The predicted molar refractivity (Wildman–Crippen MR) is 78.2 cm³/mol. The molecule has 0 bridgehead atoms. The van der Waals surface area contributed by atoms with Crippen molar-refractivity contribution in [2.45, 2.75) is 16.8 Å². The van der Waals surface area contributed by atoms with Crippen molar-refractivity contribution in [3.8, 4) is 11.5 Å². The molecule has 0 fully saturated rings. The summed E-state index contributed by atoms with van der Waals surface area (Å²) in [5.74, 6) is 1.62. The van der Waals surface area contributed by atoms with E-state index in [-0.39, 0.29) is 0 Å². The lowest BCUT2D eigenvalue weighted by molar-refractivity contribution is 0.171. The number of hydrogen-bond acceptors (Lipinski definition) is 4. The zero-order valence-corrected chi connectivity index (χ0v) is 12.8. The molecule has 3 nitrogen and oxygen atoms in total. The van der Waals surface area contributed by atoms with E-state index in [0.29, 0.717) is 13.2 Å². The molecule has 0 amide bonds. The summed E-state index contributed by atoms with van der Waals surface area (Å²) in [6.07, 6.45) is 1.82. The molecule has 1 aromatic heterocycles. The fourth-order valence-electron chi connectivity index (χ4n) is 1.79. The van der Waals surface area contributed by atoms with Crippen LogP contribution in [0.25, 0.3) is 0 Å². The highest BCUT2D eigenvalue weighted by atomic mass is 79.9.